The van der Waals surface area contributed by atoms with E-state index in [1.54, 1.807) is 13.0 Å². The van der Waals surface area contributed by atoms with Crippen molar-refractivity contribution in [2.45, 2.75) is 19.3 Å². The molecule has 2 N–H and O–H groups in total. The largest absolute Gasteiger partial charge is 0.573 e. The number of alkyl halides is 3. The Labute approximate surface area is 91.6 Å². The molecule has 0 saturated heterocycles. The molecule has 1 aromatic carbocycles. The van der Waals surface area contributed by atoms with Crippen LogP contribution < -0.4 is 10.5 Å². The van der Waals surface area contributed by atoms with Crippen LogP contribution in [-0.2, 0) is 0 Å². The normalized spacial score (nSPS) is 12.9. The highest BCUT2D eigenvalue weighted by Crippen LogP contribution is 2.24. The number of hydrogen-bond donors (Lipinski definition) is 1. The maximum atomic E-state index is 11.8. The van der Waals surface area contributed by atoms with Gasteiger partial charge < -0.3 is 10.5 Å². The molecule has 0 fully saturated rings. The molecule has 0 aliphatic rings. The fourth-order valence-electron chi connectivity index (χ4n) is 0.995. The molecule has 1 atom stereocenters. The molecule has 2 nitrogen and oxygen atoms in total. The highest BCUT2D eigenvalue weighted by atomic mass is 35.5. The summed E-state index contributed by atoms with van der Waals surface area (Å²) in [6.45, 7) is 1.69. The van der Waals surface area contributed by atoms with E-state index >= 15 is 0 Å². The lowest BCUT2D eigenvalue weighted by atomic mass is 10.1. The minimum absolute atomic E-state index is 0. The lowest BCUT2D eigenvalue weighted by Gasteiger charge is -2.11. The first kappa shape index (κ1) is 14.1. The van der Waals surface area contributed by atoms with E-state index in [0.29, 0.717) is 5.56 Å². The van der Waals surface area contributed by atoms with E-state index in [1.165, 1.54) is 18.2 Å². The van der Waals surface area contributed by atoms with Crippen molar-refractivity contribution < 1.29 is 17.9 Å². The van der Waals surface area contributed by atoms with Gasteiger partial charge in [0.25, 0.3) is 0 Å². The summed E-state index contributed by atoms with van der Waals surface area (Å²) in [5, 5.41) is 0. The summed E-state index contributed by atoms with van der Waals surface area (Å²) < 4.78 is 39.2. The lowest BCUT2D eigenvalue weighted by Crippen LogP contribution is -2.17. The first-order chi connectivity index (χ1) is 6.38. The van der Waals surface area contributed by atoms with Crippen molar-refractivity contribution in [1.29, 1.82) is 0 Å². The highest BCUT2D eigenvalue weighted by Gasteiger charge is 2.31. The SMILES string of the molecule is C[C@H](N)c1cccc(OC(F)(F)F)c1.Cl. The lowest BCUT2D eigenvalue weighted by molar-refractivity contribution is -0.274. The van der Waals surface area contributed by atoms with Crippen LogP contribution in [0.2, 0.25) is 0 Å². The van der Waals surface area contributed by atoms with Gasteiger partial charge in [-0.1, -0.05) is 12.1 Å². The number of ether oxygens (including phenoxy) is 1. The Balaban J connectivity index is 0.00000196. The molecule has 0 bridgehead atoms. The zero-order valence-electron chi connectivity index (χ0n) is 7.91. The summed E-state index contributed by atoms with van der Waals surface area (Å²) in [5.74, 6) is -0.243. The third kappa shape index (κ3) is 4.90. The predicted octanol–water partition coefficient (Wildman–Crippen LogP) is 3.03. The Hall–Kier alpha value is -0.940. The topological polar surface area (TPSA) is 35.2 Å². The molecule has 0 aliphatic heterocycles. The van der Waals surface area contributed by atoms with Crippen LogP contribution in [0.4, 0.5) is 13.2 Å². The van der Waals surface area contributed by atoms with Crippen molar-refractivity contribution >= 4 is 12.4 Å². The molecule has 15 heavy (non-hydrogen) atoms. The van der Waals surface area contributed by atoms with Gasteiger partial charge in [0.1, 0.15) is 5.75 Å². The predicted molar refractivity (Wildman–Crippen MR) is 53.0 cm³/mol. The molecule has 0 saturated carbocycles. The average molecular weight is 242 g/mol. The van der Waals surface area contributed by atoms with E-state index in [0.717, 1.165) is 0 Å². The van der Waals surface area contributed by atoms with Crippen LogP contribution in [0.5, 0.6) is 5.75 Å². The summed E-state index contributed by atoms with van der Waals surface area (Å²) in [5.41, 5.74) is 6.11. The zero-order chi connectivity index (χ0) is 10.8. The van der Waals surface area contributed by atoms with Crippen LogP contribution in [0, 0.1) is 0 Å². The maximum absolute atomic E-state index is 11.8. The maximum Gasteiger partial charge on any atom is 0.573 e. The van der Waals surface area contributed by atoms with Gasteiger partial charge in [-0.2, -0.15) is 0 Å². The zero-order valence-corrected chi connectivity index (χ0v) is 8.73. The highest BCUT2D eigenvalue weighted by molar-refractivity contribution is 5.85. The number of rotatable bonds is 2. The summed E-state index contributed by atoms with van der Waals surface area (Å²) >= 11 is 0. The van der Waals surface area contributed by atoms with E-state index in [-0.39, 0.29) is 24.2 Å². The molecule has 86 valence electrons. The molecule has 1 rings (SSSR count). The number of hydrogen-bond acceptors (Lipinski definition) is 2. The molecule has 0 aromatic heterocycles. The first-order valence-corrected chi connectivity index (χ1v) is 4.00. The minimum Gasteiger partial charge on any atom is -0.406 e. The van der Waals surface area contributed by atoms with E-state index in [4.69, 9.17) is 5.73 Å². The molecule has 0 heterocycles. The molecule has 0 amide bonds. The van der Waals surface area contributed by atoms with Gasteiger partial charge in [0.05, 0.1) is 0 Å². The van der Waals surface area contributed by atoms with Crippen LogP contribution in [0.25, 0.3) is 0 Å². The van der Waals surface area contributed by atoms with E-state index < -0.39 is 6.36 Å². The molecule has 1 aromatic rings. The third-order valence-electron chi connectivity index (χ3n) is 1.62. The van der Waals surface area contributed by atoms with Gasteiger partial charge in [0.15, 0.2) is 0 Å². The first-order valence-electron chi connectivity index (χ1n) is 4.00. The standard InChI is InChI=1S/C9H10F3NO.ClH/c1-6(13)7-3-2-4-8(5-7)14-9(10,11)12;/h2-6H,13H2,1H3;1H/t6-;/m0./s1. The van der Waals surface area contributed by atoms with Gasteiger partial charge in [0.2, 0.25) is 0 Å². The van der Waals surface area contributed by atoms with Crippen molar-refractivity contribution in [3.63, 3.8) is 0 Å². The van der Waals surface area contributed by atoms with Crippen molar-refractivity contribution in [2.75, 3.05) is 0 Å². The summed E-state index contributed by atoms with van der Waals surface area (Å²) in [6, 6.07) is 5.32. The smallest absolute Gasteiger partial charge is 0.406 e. The summed E-state index contributed by atoms with van der Waals surface area (Å²) in [4.78, 5) is 0. The van der Waals surface area contributed by atoms with Crippen molar-refractivity contribution in [1.82, 2.24) is 0 Å². The van der Waals surface area contributed by atoms with E-state index in [1.807, 2.05) is 0 Å². The minimum atomic E-state index is -4.66. The third-order valence-corrected chi connectivity index (χ3v) is 1.62. The Morgan fingerprint density at radius 1 is 1.33 bits per heavy atom. The molecular weight excluding hydrogens is 231 g/mol. The Kier molecular flexibility index (Phi) is 4.90. The quantitative estimate of drug-likeness (QED) is 0.864. The monoisotopic (exact) mass is 241 g/mol. The van der Waals surface area contributed by atoms with Gasteiger partial charge in [0, 0.05) is 6.04 Å². The molecule has 0 unspecified atom stereocenters. The van der Waals surface area contributed by atoms with Gasteiger partial charge in [-0.15, -0.1) is 25.6 Å². The molecule has 0 spiro atoms. The van der Waals surface area contributed by atoms with Crippen molar-refractivity contribution in [3.8, 4) is 5.75 Å². The Bertz CT molecular complexity index is 314. The second kappa shape index (κ2) is 5.23. The van der Waals surface area contributed by atoms with Gasteiger partial charge in [-0.25, -0.2) is 0 Å². The number of nitrogens with two attached hydrogens (primary N) is 1. The molecule has 6 heteroatoms. The number of halogens is 4. The average Bonchev–Trinajstić information content (AvgIpc) is 2.01. The second-order valence-electron chi connectivity index (χ2n) is 2.91. The molecule has 0 aliphatic carbocycles. The fraction of sp³-hybridized carbons (Fsp3) is 0.333. The van der Waals surface area contributed by atoms with Gasteiger partial charge in [-0.3, -0.25) is 0 Å². The van der Waals surface area contributed by atoms with Crippen LogP contribution in [0.1, 0.15) is 18.5 Å². The van der Waals surface area contributed by atoms with Crippen LogP contribution in [0.15, 0.2) is 24.3 Å². The second-order valence-corrected chi connectivity index (χ2v) is 2.91. The van der Waals surface area contributed by atoms with E-state index in [9.17, 15) is 13.2 Å². The van der Waals surface area contributed by atoms with Gasteiger partial charge >= 0.3 is 6.36 Å². The van der Waals surface area contributed by atoms with Crippen molar-refractivity contribution in [3.05, 3.63) is 29.8 Å². The molecule has 0 radical (unpaired) electrons. The Morgan fingerprint density at radius 2 is 1.93 bits per heavy atom. The number of benzene rings is 1. The summed E-state index contributed by atoms with van der Waals surface area (Å²) in [6.07, 6.45) is -4.66. The fourth-order valence-corrected chi connectivity index (χ4v) is 0.995. The van der Waals surface area contributed by atoms with E-state index in [2.05, 4.69) is 4.74 Å². The van der Waals surface area contributed by atoms with Crippen molar-refractivity contribution in [2.24, 2.45) is 5.73 Å². The Morgan fingerprint density at radius 3 is 2.40 bits per heavy atom. The molecular formula is C9H11ClF3NO. The van der Waals surface area contributed by atoms with Gasteiger partial charge in [-0.05, 0) is 24.6 Å². The van der Waals surface area contributed by atoms with Crippen LogP contribution in [-0.4, -0.2) is 6.36 Å². The van der Waals surface area contributed by atoms with Crippen LogP contribution >= 0.6 is 12.4 Å². The van der Waals surface area contributed by atoms with Crippen LogP contribution in [0.3, 0.4) is 0 Å². The summed E-state index contributed by atoms with van der Waals surface area (Å²) in [7, 11) is 0.